The van der Waals surface area contributed by atoms with E-state index in [2.05, 4.69) is 0 Å². The van der Waals surface area contributed by atoms with E-state index in [-0.39, 0.29) is 5.30 Å². The molecule has 0 saturated heterocycles. The quantitative estimate of drug-likeness (QED) is 0.762. The van der Waals surface area contributed by atoms with Crippen LogP contribution < -0.4 is 5.30 Å². The Balaban J connectivity index is 2.49. The first kappa shape index (κ1) is 10.2. The lowest BCUT2D eigenvalue weighted by atomic mass is 10.2. The van der Waals surface area contributed by atoms with Crippen molar-refractivity contribution in [1.82, 2.24) is 0 Å². The normalized spacial score (nSPS) is 11.6. The third kappa shape index (κ3) is 2.18. The lowest BCUT2D eigenvalue weighted by molar-refractivity contribution is 0.387. The van der Waals surface area contributed by atoms with Crippen LogP contribution in [0.3, 0.4) is 0 Å². The van der Waals surface area contributed by atoms with Crippen LogP contribution in [-0.4, -0.2) is 9.79 Å². The number of benzene rings is 1. The molecule has 1 aromatic heterocycles. The van der Waals surface area contributed by atoms with Gasteiger partial charge >= 0.3 is 7.60 Å². The predicted molar refractivity (Wildman–Crippen MR) is 55.8 cm³/mol. The Morgan fingerprint density at radius 2 is 1.93 bits per heavy atom. The Labute approximate surface area is 86.3 Å². The molecule has 4 nitrogen and oxygen atoms in total. The first-order valence-corrected chi connectivity index (χ1v) is 5.89. The van der Waals surface area contributed by atoms with Crippen molar-refractivity contribution >= 4 is 12.9 Å². The fourth-order valence-corrected chi connectivity index (χ4v) is 1.87. The van der Waals surface area contributed by atoms with Crippen LogP contribution in [0.15, 0.2) is 47.1 Å². The molecule has 0 fully saturated rings. The molecule has 0 aliphatic rings. The average molecular weight is 224 g/mol. The maximum absolute atomic E-state index is 11.0. The summed E-state index contributed by atoms with van der Waals surface area (Å²) in [6, 6.07) is 9.61. The van der Waals surface area contributed by atoms with E-state index >= 15 is 0 Å². The minimum atomic E-state index is -4.19. The van der Waals surface area contributed by atoms with E-state index in [9.17, 15) is 4.57 Å². The molecule has 0 amide bonds. The molecule has 0 unspecified atom stereocenters. The zero-order valence-corrected chi connectivity index (χ0v) is 8.59. The van der Waals surface area contributed by atoms with Crippen molar-refractivity contribution in [2.75, 3.05) is 0 Å². The highest BCUT2D eigenvalue weighted by Crippen LogP contribution is 2.34. The summed E-state index contributed by atoms with van der Waals surface area (Å²) in [6.45, 7) is 0. The van der Waals surface area contributed by atoms with Crippen LogP contribution in [0.4, 0.5) is 0 Å². The molecule has 15 heavy (non-hydrogen) atoms. The van der Waals surface area contributed by atoms with Gasteiger partial charge in [0.1, 0.15) is 5.76 Å². The predicted octanol–water partition coefficient (Wildman–Crippen LogP) is 1.75. The third-order valence-corrected chi connectivity index (χ3v) is 2.94. The molecule has 0 saturated carbocycles. The molecule has 0 spiro atoms. The summed E-state index contributed by atoms with van der Waals surface area (Å²) < 4.78 is 16.2. The first-order chi connectivity index (χ1) is 7.07. The Bertz CT molecular complexity index is 498. The molecular formula is C10H9O4P. The van der Waals surface area contributed by atoms with E-state index in [1.807, 2.05) is 0 Å². The number of hydrogen-bond donors (Lipinski definition) is 2. The highest BCUT2D eigenvalue weighted by molar-refractivity contribution is 7.60. The van der Waals surface area contributed by atoms with E-state index < -0.39 is 7.60 Å². The summed E-state index contributed by atoms with van der Waals surface area (Å²) in [7, 11) is -4.19. The Hall–Kier alpha value is -1.35. The van der Waals surface area contributed by atoms with Gasteiger partial charge in [0.25, 0.3) is 0 Å². The first-order valence-electron chi connectivity index (χ1n) is 4.27. The van der Waals surface area contributed by atoms with Crippen molar-refractivity contribution < 1.29 is 18.8 Å². The van der Waals surface area contributed by atoms with Gasteiger partial charge in [0.15, 0.2) is 0 Å². The second kappa shape index (κ2) is 3.66. The van der Waals surface area contributed by atoms with Gasteiger partial charge in [-0.25, -0.2) is 0 Å². The summed E-state index contributed by atoms with van der Waals surface area (Å²) >= 11 is 0. The van der Waals surface area contributed by atoms with E-state index in [0.717, 1.165) is 0 Å². The third-order valence-electron chi connectivity index (χ3n) is 1.99. The van der Waals surface area contributed by atoms with Crippen LogP contribution in [0.2, 0.25) is 0 Å². The second-order valence-corrected chi connectivity index (χ2v) is 4.68. The van der Waals surface area contributed by atoms with Crippen LogP contribution in [0.5, 0.6) is 0 Å². The van der Waals surface area contributed by atoms with Gasteiger partial charge in [0, 0.05) is 5.56 Å². The number of furan rings is 1. The van der Waals surface area contributed by atoms with E-state index in [1.165, 1.54) is 18.4 Å². The number of hydrogen-bond acceptors (Lipinski definition) is 2. The minimum Gasteiger partial charge on any atom is -0.464 e. The van der Waals surface area contributed by atoms with Crippen LogP contribution >= 0.6 is 7.60 Å². The van der Waals surface area contributed by atoms with Crippen LogP contribution in [0.25, 0.3) is 11.3 Å². The Morgan fingerprint density at radius 3 is 2.53 bits per heavy atom. The Kier molecular flexibility index (Phi) is 2.49. The van der Waals surface area contributed by atoms with Gasteiger partial charge in [-0.15, -0.1) is 0 Å². The molecule has 2 aromatic rings. The number of rotatable bonds is 2. The van der Waals surface area contributed by atoms with E-state index in [0.29, 0.717) is 11.3 Å². The monoisotopic (exact) mass is 224 g/mol. The lowest BCUT2D eigenvalue weighted by Gasteiger charge is -2.04. The van der Waals surface area contributed by atoms with Crippen molar-refractivity contribution in [3.63, 3.8) is 0 Å². The molecule has 2 N–H and O–H groups in total. The van der Waals surface area contributed by atoms with Crippen molar-refractivity contribution in [2.45, 2.75) is 0 Å². The summed E-state index contributed by atoms with van der Waals surface area (Å²) in [5, 5.41) is -0.00333. The zero-order chi connectivity index (χ0) is 10.9. The largest absolute Gasteiger partial charge is 0.464 e. The second-order valence-electron chi connectivity index (χ2n) is 3.07. The van der Waals surface area contributed by atoms with Gasteiger partial charge in [-0.2, -0.15) is 0 Å². The topological polar surface area (TPSA) is 70.7 Å². The molecule has 2 rings (SSSR count). The fourth-order valence-electron chi connectivity index (χ4n) is 1.28. The molecule has 0 radical (unpaired) electrons. The average Bonchev–Trinajstić information content (AvgIpc) is 2.69. The summed E-state index contributed by atoms with van der Waals surface area (Å²) in [6.07, 6.45) is 1.51. The van der Waals surface area contributed by atoms with Gasteiger partial charge < -0.3 is 14.2 Å². The highest BCUT2D eigenvalue weighted by Gasteiger charge is 2.17. The van der Waals surface area contributed by atoms with Crippen molar-refractivity contribution in [3.8, 4) is 11.3 Å². The van der Waals surface area contributed by atoms with Gasteiger partial charge in [-0.1, -0.05) is 12.1 Å². The van der Waals surface area contributed by atoms with E-state index in [4.69, 9.17) is 14.2 Å². The maximum Gasteiger partial charge on any atom is 0.356 e. The van der Waals surface area contributed by atoms with Gasteiger partial charge in [-0.3, -0.25) is 4.57 Å². The maximum atomic E-state index is 11.0. The molecule has 1 heterocycles. The lowest BCUT2D eigenvalue weighted by Crippen LogP contribution is -2.02. The van der Waals surface area contributed by atoms with Gasteiger partial charge in [-0.05, 0) is 24.3 Å². The van der Waals surface area contributed by atoms with Gasteiger partial charge in [0.05, 0.1) is 11.6 Å². The van der Waals surface area contributed by atoms with Crippen LogP contribution in [0, 0.1) is 0 Å². The van der Waals surface area contributed by atoms with Crippen LogP contribution in [-0.2, 0) is 4.57 Å². The molecule has 0 aliphatic heterocycles. The summed E-state index contributed by atoms with van der Waals surface area (Å²) in [4.78, 5) is 18.0. The SMILES string of the molecule is O=P(O)(O)c1cccc(-c2ccco2)c1. The smallest absolute Gasteiger partial charge is 0.356 e. The molecule has 0 atom stereocenters. The standard InChI is InChI=1S/C10H9O4P/c11-15(12,13)9-4-1-3-8(7-9)10-5-2-6-14-10/h1-7H,(H2,11,12,13). The zero-order valence-electron chi connectivity index (χ0n) is 7.70. The minimum absolute atomic E-state index is 0.00333. The van der Waals surface area contributed by atoms with Crippen molar-refractivity contribution in [3.05, 3.63) is 42.7 Å². The molecule has 1 aromatic carbocycles. The molecular weight excluding hydrogens is 215 g/mol. The Morgan fingerprint density at radius 1 is 1.13 bits per heavy atom. The molecule has 0 bridgehead atoms. The molecule has 0 aliphatic carbocycles. The molecule has 5 heteroatoms. The van der Waals surface area contributed by atoms with Crippen molar-refractivity contribution in [2.24, 2.45) is 0 Å². The van der Waals surface area contributed by atoms with Crippen LogP contribution in [0.1, 0.15) is 0 Å². The summed E-state index contributed by atoms with van der Waals surface area (Å²) in [5.41, 5.74) is 0.654. The fraction of sp³-hybridized carbons (Fsp3) is 0. The summed E-state index contributed by atoms with van der Waals surface area (Å²) in [5.74, 6) is 0.588. The van der Waals surface area contributed by atoms with E-state index in [1.54, 1.807) is 24.3 Å². The van der Waals surface area contributed by atoms with Crippen molar-refractivity contribution in [1.29, 1.82) is 0 Å². The van der Waals surface area contributed by atoms with Gasteiger partial charge in [0.2, 0.25) is 0 Å². The molecule has 78 valence electrons. The highest BCUT2D eigenvalue weighted by atomic mass is 31.2.